The van der Waals surface area contributed by atoms with E-state index < -0.39 is 32.0 Å². The third-order valence-electron chi connectivity index (χ3n) is 7.27. The maximum Gasteiger partial charge on any atom is 0.259 e. The molecule has 0 bridgehead atoms. The van der Waals surface area contributed by atoms with Gasteiger partial charge in [-0.3, -0.25) is 4.79 Å². The van der Waals surface area contributed by atoms with Crippen LogP contribution in [0.2, 0.25) is 0 Å². The lowest BCUT2D eigenvalue weighted by molar-refractivity contribution is -0.125. The van der Waals surface area contributed by atoms with Gasteiger partial charge in [-0.1, -0.05) is 48.5 Å². The maximum atomic E-state index is 13.6. The lowest BCUT2D eigenvalue weighted by atomic mass is 10.2. The average Bonchev–Trinajstić information content (AvgIpc) is 3.29. The van der Waals surface area contributed by atoms with E-state index in [4.69, 9.17) is 0 Å². The van der Waals surface area contributed by atoms with E-state index in [1.165, 1.54) is 30.5 Å². The number of sulfonamides is 2. The Morgan fingerprint density at radius 2 is 1.44 bits per heavy atom. The summed E-state index contributed by atoms with van der Waals surface area (Å²) in [7, 11) is -8.10. The van der Waals surface area contributed by atoms with Crippen LogP contribution in [0.25, 0.3) is 5.69 Å². The highest BCUT2D eigenvalue weighted by atomic mass is 79.9. The van der Waals surface area contributed by atoms with Crippen LogP contribution in [-0.4, -0.2) is 67.8 Å². The van der Waals surface area contributed by atoms with E-state index in [-0.39, 0.29) is 29.4 Å². The molecular formula is C30H30BrN5O5S2. The zero-order valence-electron chi connectivity index (χ0n) is 23.5. The number of nitrogens with one attached hydrogen (secondary N) is 1. The molecule has 2 heterocycles. The zero-order chi connectivity index (χ0) is 30.8. The molecule has 0 spiro atoms. The van der Waals surface area contributed by atoms with Crippen LogP contribution in [-0.2, 0) is 24.8 Å². The lowest BCUT2D eigenvalue weighted by Gasteiger charge is -2.38. The summed E-state index contributed by atoms with van der Waals surface area (Å²) in [5.41, 5.74) is 5.99. The number of piperazine rings is 1. The number of aryl methyl sites for hydroxylation is 1. The predicted molar refractivity (Wildman–Crippen MR) is 168 cm³/mol. The summed E-state index contributed by atoms with van der Waals surface area (Å²) in [6, 6.07) is 24.0. The number of amides is 1. The SMILES string of the molecule is Cc1cc(/C=N\NC(=O)[C@H]2CN(S(=O)(=O)c3ccccc3)CCN2S(=O)(=O)c2ccccc2)c(C)n1-c1ccccc1Br. The quantitative estimate of drug-likeness (QED) is 0.222. The normalized spacial score (nSPS) is 16.9. The Bertz CT molecular complexity index is 1880. The van der Waals surface area contributed by atoms with E-state index in [9.17, 15) is 21.6 Å². The van der Waals surface area contributed by atoms with Gasteiger partial charge in [0.15, 0.2) is 0 Å². The van der Waals surface area contributed by atoms with Crippen molar-refractivity contribution in [3.63, 3.8) is 0 Å². The van der Waals surface area contributed by atoms with Crippen LogP contribution in [0.4, 0.5) is 0 Å². The molecule has 0 saturated carbocycles. The molecule has 1 amide bonds. The van der Waals surface area contributed by atoms with Crippen molar-refractivity contribution in [1.82, 2.24) is 18.6 Å². The highest BCUT2D eigenvalue weighted by molar-refractivity contribution is 9.10. The first-order valence-corrected chi connectivity index (χ1v) is 17.1. The molecule has 0 unspecified atom stereocenters. The molecule has 5 rings (SSSR count). The third kappa shape index (κ3) is 6.22. The van der Waals surface area contributed by atoms with Crippen LogP contribution in [0.3, 0.4) is 0 Å². The first kappa shape index (κ1) is 30.8. The van der Waals surface area contributed by atoms with Gasteiger partial charge in [-0.25, -0.2) is 22.3 Å². The Labute approximate surface area is 259 Å². The molecule has 1 aliphatic rings. The Morgan fingerprint density at radius 1 is 0.860 bits per heavy atom. The number of hydrazone groups is 1. The van der Waals surface area contributed by atoms with Gasteiger partial charge in [-0.05, 0) is 72.2 Å². The molecule has 43 heavy (non-hydrogen) atoms. The van der Waals surface area contributed by atoms with Crippen molar-refractivity contribution in [3.05, 3.63) is 112 Å². The van der Waals surface area contributed by atoms with Crippen LogP contribution in [0.15, 0.2) is 110 Å². The van der Waals surface area contributed by atoms with Crippen molar-refractivity contribution in [1.29, 1.82) is 0 Å². The number of hydrogen-bond acceptors (Lipinski definition) is 6. The van der Waals surface area contributed by atoms with Gasteiger partial charge in [-0.2, -0.15) is 13.7 Å². The molecule has 1 atom stereocenters. The average molecular weight is 685 g/mol. The number of aromatic nitrogens is 1. The Morgan fingerprint density at radius 3 is 2.07 bits per heavy atom. The highest BCUT2D eigenvalue weighted by Gasteiger charge is 2.43. The fourth-order valence-electron chi connectivity index (χ4n) is 5.09. The van der Waals surface area contributed by atoms with Crippen molar-refractivity contribution in [2.45, 2.75) is 29.7 Å². The van der Waals surface area contributed by atoms with Crippen LogP contribution >= 0.6 is 15.9 Å². The topological polar surface area (TPSA) is 121 Å². The molecule has 4 aromatic rings. The van der Waals surface area contributed by atoms with Crippen molar-refractivity contribution >= 4 is 48.1 Å². The van der Waals surface area contributed by atoms with Gasteiger partial charge in [0.2, 0.25) is 20.0 Å². The second-order valence-electron chi connectivity index (χ2n) is 9.97. The third-order valence-corrected chi connectivity index (χ3v) is 11.7. The minimum Gasteiger partial charge on any atom is -0.317 e. The summed E-state index contributed by atoms with van der Waals surface area (Å²) in [6.45, 7) is 3.19. The van der Waals surface area contributed by atoms with E-state index >= 15 is 0 Å². The molecule has 0 aliphatic carbocycles. The van der Waals surface area contributed by atoms with Crippen molar-refractivity contribution in [3.8, 4) is 5.69 Å². The summed E-state index contributed by atoms with van der Waals surface area (Å²) in [5, 5.41) is 4.14. The molecule has 224 valence electrons. The number of carbonyl (C=O) groups is 1. The second-order valence-corrected chi connectivity index (χ2v) is 14.7. The lowest BCUT2D eigenvalue weighted by Crippen LogP contribution is -2.60. The summed E-state index contributed by atoms with van der Waals surface area (Å²) in [4.78, 5) is 13.6. The second kappa shape index (κ2) is 12.5. The zero-order valence-corrected chi connectivity index (χ0v) is 26.7. The van der Waals surface area contributed by atoms with Crippen molar-refractivity contribution in [2.75, 3.05) is 19.6 Å². The molecular weight excluding hydrogens is 654 g/mol. The van der Waals surface area contributed by atoms with E-state index in [1.807, 2.05) is 44.2 Å². The van der Waals surface area contributed by atoms with Crippen LogP contribution < -0.4 is 5.43 Å². The van der Waals surface area contributed by atoms with Crippen LogP contribution in [0.1, 0.15) is 17.0 Å². The molecule has 3 aromatic carbocycles. The first-order chi connectivity index (χ1) is 20.5. The van der Waals surface area contributed by atoms with Crippen LogP contribution in [0.5, 0.6) is 0 Å². The smallest absolute Gasteiger partial charge is 0.259 e. The minimum absolute atomic E-state index is 0.00943. The Balaban J connectivity index is 1.42. The van der Waals surface area contributed by atoms with Gasteiger partial charge >= 0.3 is 0 Å². The molecule has 1 N–H and O–H groups in total. The van der Waals surface area contributed by atoms with Crippen molar-refractivity contribution < 1.29 is 21.6 Å². The summed E-state index contributed by atoms with van der Waals surface area (Å²) in [5.74, 6) is -0.747. The molecule has 1 saturated heterocycles. The van der Waals surface area contributed by atoms with Gasteiger partial charge in [-0.15, -0.1) is 0 Å². The number of rotatable bonds is 8. The Hall–Kier alpha value is -3.62. The van der Waals surface area contributed by atoms with E-state index in [1.54, 1.807) is 36.4 Å². The van der Waals surface area contributed by atoms with E-state index in [0.29, 0.717) is 0 Å². The monoisotopic (exact) mass is 683 g/mol. The predicted octanol–water partition coefficient (Wildman–Crippen LogP) is 4.07. The summed E-state index contributed by atoms with van der Waals surface area (Å²) >= 11 is 3.59. The largest absolute Gasteiger partial charge is 0.317 e. The Kier molecular flexibility index (Phi) is 8.99. The molecule has 1 aliphatic heterocycles. The van der Waals surface area contributed by atoms with Gasteiger partial charge in [0.05, 0.1) is 21.7 Å². The number of para-hydroxylation sites is 1. The standard InChI is InChI=1S/C30H30BrN5O5S2/c1-22-19-24(23(2)36(22)28-16-10-9-15-27(28)31)20-32-33-30(37)29-21-34(42(38,39)25-11-5-3-6-12-25)17-18-35(29)43(40,41)26-13-7-4-8-14-26/h3-16,19-20,29H,17-18,21H2,1-2H3,(H,33,37)/b32-20-/t29-/m1/s1. The number of halogens is 1. The highest BCUT2D eigenvalue weighted by Crippen LogP contribution is 2.27. The number of hydrogen-bond donors (Lipinski definition) is 1. The first-order valence-electron chi connectivity index (χ1n) is 13.4. The van der Waals surface area contributed by atoms with Gasteiger partial charge in [0.25, 0.3) is 5.91 Å². The molecule has 1 aromatic heterocycles. The van der Waals surface area contributed by atoms with Gasteiger partial charge in [0, 0.05) is 41.1 Å². The summed E-state index contributed by atoms with van der Waals surface area (Å²) in [6.07, 6.45) is 1.49. The number of carbonyl (C=O) groups excluding carboxylic acids is 1. The van der Waals surface area contributed by atoms with Gasteiger partial charge in [0.1, 0.15) is 6.04 Å². The molecule has 13 heteroatoms. The van der Waals surface area contributed by atoms with Crippen molar-refractivity contribution in [2.24, 2.45) is 5.10 Å². The fourth-order valence-corrected chi connectivity index (χ4v) is 8.60. The molecule has 1 fully saturated rings. The minimum atomic E-state index is -4.12. The maximum absolute atomic E-state index is 13.6. The van der Waals surface area contributed by atoms with E-state index in [0.717, 1.165) is 35.7 Å². The number of nitrogens with zero attached hydrogens (tertiary/aromatic N) is 4. The van der Waals surface area contributed by atoms with Crippen LogP contribution in [0, 0.1) is 13.8 Å². The van der Waals surface area contributed by atoms with Gasteiger partial charge < -0.3 is 4.57 Å². The molecule has 0 radical (unpaired) electrons. The number of benzene rings is 3. The molecule has 10 nitrogen and oxygen atoms in total. The summed E-state index contributed by atoms with van der Waals surface area (Å²) < 4.78 is 59.1. The fraction of sp³-hybridized carbons (Fsp3) is 0.200. The van der Waals surface area contributed by atoms with E-state index in [2.05, 4.69) is 31.0 Å².